The fraction of sp³-hybridized carbons (Fsp3) is 0.600. The van der Waals surface area contributed by atoms with Gasteiger partial charge in [0.2, 0.25) is 0 Å². The number of aromatic nitrogens is 2. The van der Waals surface area contributed by atoms with Gasteiger partial charge in [-0.1, -0.05) is 0 Å². The lowest BCUT2D eigenvalue weighted by Crippen LogP contribution is -2.34. The number of aliphatic hydroxyl groups is 2. The lowest BCUT2D eigenvalue weighted by molar-refractivity contribution is -0.0451. The molecule has 1 aromatic rings. The second-order valence-corrected chi connectivity index (χ2v) is 10.2. The van der Waals surface area contributed by atoms with Gasteiger partial charge in [0.05, 0.1) is 24.9 Å². The van der Waals surface area contributed by atoms with Gasteiger partial charge < -0.3 is 34.5 Å². The van der Waals surface area contributed by atoms with Crippen LogP contribution in [0.1, 0.15) is 18.2 Å². The van der Waals surface area contributed by atoms with Gasteiger partial charge in [0, 0.05) is 12.6 Å². The Kier molecular flexibility index (Phi) is 7.76. The minimum absolute atomic E-state index is 0.176. The third kappa shape index (κ3) is 7.00. The highest BCUT2D eigenvalue weighted by atomic mass is 31.3. The van der Waals surface area contributed by atoms with Gasteiger partial charge in [0.1, 0.15) is 12.3 Å². The first-order valence-electron chi connectivity index (χ1n) is 7.69. The number of aliphatic hydroxyl groups excluding tert-OH is 2. The number of nitrogens with one attached hydrogen (secondary N) is 1. The van der Waals surface area contributed by atoms with Gasteiger partial charge >= 0.3 is 29.2 Å². The van der Waals surface area contributed by atoms with Gasteiger partial charge in [-0.3, -0.25) is 18.9 Å². The average molecular weight is 498 g/mol. The summed E-state index contributed by atoms with van der Waals surface area (Å²) in [7, 11) is -16.7. The first kappa shape index (κ1) is 25.2. The van der Waals surface area contributed by atoms with E-state index >= 15 is 0 Å². The third-order valence-corrected chi connectivity index (χ3v) is 7.35. The summed E-state index contributed by atoms with van der Waals surface area (Å²) in [5, 5.41) is 19.1. The van der Waals surface area contributed by atoms with Crippen LogP contribution >= 0.6 is 23.5 Å². The number of H-pyrrole nitrogens is 1. The maximum absolute atomic E-state index is 11.9. The number of phosphoric ester groups is 1. The molecular formula is C10H17N2O15P3. The minimum atomic E-state index is -5.70. The zero-order chi connectivity index (χ0) is 22.9. The molecule has 172 valence electrons. The lowest BCUT2D eigenvalue weighted by Gasteiger charge is -2.19. The van der Waals surface area contributed by atoms with E-state index < -0.39 is 66.4 Å². The fourth-order valence-electron chi connectivity index (χ4n) is 2.36. The number of aromatic amines is 1. The number of phosphoric acid groups is 3. The molecule has 1 aliphatic rings. The lowest BCUT2D eigenvalue weighted by atomic mass is 10.2. The van der Waals surface area contributed by atoms with Crippen molar-refractivity contribution in [2.75, 3.05) is 6.61 Å². The zero-order valence-electron chi connectivity index (χ0n) is 14.6. The van der Waals surface area contributed by atoms with Crippen LogP contribution in [0.4, 0.5) is 0 Å². The maximum atomic E-state index is 11.9. The van der Waals surface area contributed by atoms with Crippen molar-refractivity contribution in [2.45, 2.75) is 31.5 Å². The van der Waals surface area contributed by atoms with Gasteiger partial charge in [-0.25, -0.2) is 18.5 Å². The van der Waals surface area contributed by atoms with Crippen LogP contribution in [-0.2, 0) is 38.2 Å². The summed E-state index contributed by atoms with van der Waals surface area (Å²) in [6, 6.07) is 0. The molecule has 0 amide bonds. The molecule has 0 aromatic carbocycles. The molecule has 0 aliphatic carbocycles. The van der Waals surface area contributed by atoms with E-state index in [9.17, 15) is 33.3 Å². The van der Waals surface area contributed by atoms with E-state index in [-0.39, 0.29) is 12.0 Å². The number of rotatable bonds is 9. The van der Waals surface area contributed by atoms with E-state index in [1.165, 1.54) is 0 Å². The van der Waals surface area contributed by atoms with Gasteiger partial charge in [-0.2, -0.15) is 8.62 Å². The Hall–Kier alpha value is -1.03. The summed E-state index contributed by atoms with van der Waals surface area (Å²) in [5.74, 6) is 0. The number of hydrogen-bond acceptors (Lipinski definition) is 11. The molecule has 2 heterocycles. The van der Waals surface area contributed by atoms with E-state index in [2.05, 4.69) is 13.1 Å². The Labute approximate surface area is 165 Å². The van der Waals surface area contributed by atoms with Crippen molar-refractivity contribution in [3.63, 3.8) is 0 Å². The monoisotopic (exact) mass is 498 g/mol. The van der Waals surface area contributed by atoms with Crippen LogP contribution in [0, 0.1) is 0 Å². The molecule has 17 nitrogen and oxygen atoms in total. The van der Waals surface area contributed by atoms with Crippen molar-refractivity contribution in [3.05, 3.63) is 32.6 Å². The second-order valence-electron chi connectivity index (χ2n) is 5.80. The Morgan fingerprint density at radius 2 is 1.77 bits per heavy atom. The predicted octanol–water partition coefficient (Wildman–Crippen LogP) is -1.98. The Bertz CT molecular complexity index is 1030. The summed E-state index contributed by atoms with van der Waals surface area (Å²) in [5.41, 5.74) is -1.94. The Morgan fingerprint density at radius 1 is 1.13 bits per heavy atom. The maximum Gasteiger partial charge on any atom is 0.490 e. The number of ether oxygens (including phenoxy) is 1. The van der Waals surface area contributed by atoms with E-state index in [1.54, 1.807) is 0 Å². The highest BCUT2D eigenvalue weighted by Gasteiger charge is 2.43. The zero-order valence-corrected chi connectivity index (χ0v) is 17.3. The second kappa shape index (κ2) is 9.22. The smallest absolute Gasteiger partial charge is 0.391 e. The van der Waals surface area contributed by atoms with Crippen molar-refractivity contribution in [1.82, 2.24) is 9.55 Å². The summed E-state index contributed by atoms with van der Waals surface area (Å²) in [6.07, 6.45) is -3.18. The molecule has 1 aliphatic heterocycles. The Morgan fingerprint density at radius 3 is 2.33 bits per heavy atom. The molecule has 20 heteroatoms. The van der Waals surface area contributed by atoms with Crippen LogP contribution in [0.5, 0.6) is 0 Å². The SMILES string of the molecule is O=c1[nH]c(=O)n([C@H]2CC(O)[C@@H](COP(=O)(O)OP(=O)(O)OP(=O)(O)O)O2)cc1CO. The molecule has 3 unspecified atom stereocenters. The van der Waals surface area contributed by atoms with Crippen molar-refractivity contribution in [1.29, 1.82) is 0 Å². The van der Waals surface area contributed by atoms with Gasteiger partial charge in [-0.05, 0) is 0 Å². The topological polar surface area (TPSA) is 264 Å². The van der Waals surface area contributed by atoms with Crippen molar-refractivity contribution in [2.24, 2.45) is 0 Å². The van der Waals surface area contributed by atoms with Gasteiger partial charge in [-0.15, -0.1) is 0 Å². The van der Waals surface area contributed by atoms with Gasteiger partial charge in [0.25, 0.3) is 5.56 Å². The predicted molar refractivity (Wildman–Crippen MR) is 91.6 cm³/mol. The van der Waals surface area contributed by atoms with Crippen molar-refractivity contribution < 1.29 is 61.4 Å². The normalized spacial score (nSPS) is 26.3. The summed E-state index contributed by atoms with van der Waals surface area (Å²) in [4.78, 5) is 60.6. The van der Waals surface area contributed by atoms with Gasteiger partial charge in [0.15, 0.2) is 0 Å². The Balaban J connectivity index is 2.05. The molecule has 0 spiro atoms. The molecule has 0 saturated carbocycles. The molecule has 1 aromatic heterocycles. The molecule has 0 radical (unpaired) electrons. The van der Waals surface area contributed by atoms with Crippen LogP contribution in [0.15, 0.2) is 15.8 Å². The van der Waals surface area contributed by atoms with Crippen LogP contribution in [-0.4, -0.2) is 58.2 Å². The molecule has 30 heavy (non-hydrogen) atoms. The first-order valence-corrected chi connectivity index (χ1v) is 12.2. The van der Waals surface area contributed by atoms with Crippen LogP contribution in [0.3, 0.4) is 0 Å². The number of hydrogen-bond donors (Lipinski definition) is 7. The van der Waals surface area contributed by atoms with Crippen molar-refractivity contribution in [3.8, 4) is 0 Å². The largest absolute Gasteiger partial charge is 0.490 e. The molecule has 1 fully saturated rings. The highest BCUT2D eigenvalue weighted by molar-refractivity contribution is 7.66. The highest BCUT2D eigenvalue weighted by Crippen LogP contribution is 2.66. The summed E-state index contributed by atoms with van der Waals surface area (Å²) in [6.45, 7) is -1.62. The fourth-order valence-corrected chi connectivity index (χ4v) is 5.39. The molecular weight excluding hydrogens is 481 g/mol. The van der Waals surface area contributed by atoms with E-state index in [1.807, 2.05) is 4.98 Å². The first-order chi connectivity index (χ1) is 13.6. The van der Waals surface area contributed by atoms with Crippen LogP contribution in [0.25, 0.3) is 0 Å². The van der Waals surface area contributed by atoms with Crippen LogP contribution < -0.4 is 11.2 Å². The molecule has 1 saturated heterocycles. The molecule has 7 N–H and O–H groups in total. The average Bonchev–Trinajstić information content (AvgIpc) is 2.90. The number of nitrogens with zero attached hydrogens (tertiary/aromatic N) is 1. The summed E-state index contributed by atoms with van der Waals surface area (Å²) < 4.78 is 51.1. The van der Waals surface area contributed by atoms with E-state index in [0.717, 1.165) is 10.8 Å². The molecule has 2 rings (SSSR count). The van der Waals surface area contributed by atoms with E-state index in [0.29, 0.717) is 0 Å². The quantitative estimate of drug-likeness (QED) is 0.182. The van der Waals surface area contributed by atoms with E-state index in [4.69, 9.17) is 24.5 Å². The van der Waals surface area contributed by atoms with Crippen LogP contribution in [0.2, 0.25) is 0 Å². The molecule has 5 atom stereocenters. The third-order valence-electron chi connectivity index (χ3n) is 3.54. The minimum Gasteiger partial charge on any atom is -0.391 e. The standard InChI is InChI=1S/C10H17N2O15P3/c13-3-5-2-12(10(16)11-9(5)15)8-1-6(14)7(25-8)4-24-29(20,21)27-30(22,23)26-28(17,18)19/h2,6-8,13-14H,1,3-4H2,(H,20,21)(H,22,23)(H,11,15,16)(H2,17,18,19)/t6?,7-,8-/m1/s1. The molecule has 0 bridgehead atoms. The summed E-state index contributed by atoms with van der Waals surface area (Å²) >= 11 is 0. The van der Waals surface area contributed by atoms with Crippen molar-refractivity contribution >= 4 is 23.5 Å².